The topological polar surface area (TPSA) is 79.5 Å². The summed E-state index contributed by atoms with van der Waals surface area (Å²) in [7, 11) is 0. The molecule has 3 N–H and O–H groups in total. The van der Waals surface area contributed by atoms with Gasteiger partial charge < -0.3 is 15.7 Å². The molecule has 24 heavy (non-hydrogen) atoms. The number of aromatic carboxylic acids is 1. The first-order valence-electron chi connectivity index (χ1n) is 8.18. The lowest BCUT2D eigenvalue weighted by Gasteiger charge is -2.33. The van der Waals surface area contributed by atoms with Crippen LogP contribution in [0.3, 0.4) is 0 Å². The fraction of sp³-hybridized carbons (Fsp3) is 0.263. The number of pyridine rings is 1. The summed E-state index contributed by atoms with van der Waals surface area (Å²) in [5, 5.41) is 13.4. The maximum atomic E-state index is 11.3. The van der Waals surface area contributed by atoms with Crippen LogP contribution in [-0.2, 0) is 0 Å². The zero-order valence-electron chi connectivity index (χ0n) is 13.3. The molecule has 1 aromatic heterocycles. The van der Waals surface area contributed by atoms with Gasteiger partial charge in [-0.2, -0.15) is 0 Å². The Morgan fingerprint density at radius 2 is 2.08 bits per heavy atom. The summed E-state index contributed by atoms with van der Waals surface area (Å²) in [6.45, 7) is 1.79. The van der Waals surface area contributed by atoms with Crippen molar-refractivity contribution < 1.29 is 9.90 Å². The van der Waals surface area contributed by atoms with Gasteiger partial charge in [0.1, 0.15) is 0 Å². The molecule has 122 valence electrons. The van der Waals surface area contributed by atoms with E-state index in [1.807, 2.05) is 18.3 Å². The van der Waals surface area contributed by atoms with Crippen LogP contribution in [-0.4, -0.2) is 35.2 Å². The van der Waals surface area contributed by atoms with Gasteiger partial charge in [0.15, 0.2) is 0 Å². The number of piperidine rings is 1. The molecule has 0 aliphatic carbocycles. The number of rotatable bonds is 2. The van der Waals surface area contributed by atoms with Crippen molar-refractivity contribution in [2.45, 2.75) is 18.9 Å². The predicted molar refractivity (Wildman–Crippen MR) is 95.6 cm³/mol. The van der Waals surface area contributed by atoms with Crippen molar-refractivity contribution in [2.24, 2.45) is 5.73 Å². The van der Waals surface area contributed by atoms with E-state index in [0.29, 0.717) is 5.56 Å². The van der Waals surface area contributed by atoms with E-state index in [1.165, 1.54) is 0 Å². The largest absolute Gasteiger partial charge is 0.478 e. The van der Waals surface area contributed by atoms with Crippen molar-refractivity contribution in [3.05, 3.63) is 48.3 Å². The molecule has 0 bridgehead atoms. The summed E-state index contributed by atoms with van der Waals surface area (Å²) in [6, 6.07) is 9.54. The van der Waals surface area contributed by atoms with Crippen LogP contribution in [0.4, 0.5) is 5.69 Å². The molecule has 1 saturated heterocycles. The second kappa shape index (κ2) is 5.76. The van der Waals surface area contributed by atoms with E-state index < -0.39 is 5.97 Å². The number of nitrogens with two attached hydrogens (primary N) is 1. The Morgan fingerprint density at radius 3 is 2.88 bits per heavy atom. The summed E-state index contributed by atoms with van der Waals surface area (Å²) in [4.78, 5) is 17.9. The molecule has 0 saturated carbocycles. The molecule has 1 aliphatic heterocycles. The number of nitrogens with zero attached hydrogens (tertiary/aromatic N) is 2. The normalized spacial score (nSPS) is 18.2. The maximum Gasteiger partial charge on any atom is 0.335 e. The van der Waals surface area contributed by atoms with Gasteiger partial charge >= 0.3 is 5.97 Å². The number of carbonyl (C=O) groups is 1. The van der Waals surface area contributed by atoms with Crippen LogP contribution in [0.1, 0.15) is 23.2 Å². The monoisotopic (exact) mass is 321 g/mol. The van der Waals surface area contributed by atoms with Crippen LogP contribution >= 0.6 is 0 Å². The molecule has 0 amide bonds. The second-order valence-electron chi connectivity index (χ2n) is 6.41. The molecule has 1 aliphatic rings. The van der Waals surface area contributed by atoms with Crippen molar-refractivity contribution in [1.82, 2.24) is 4.98 Å². The van der Waals surface area contributed by atoms with E-state index in [0.717, 1.165) is 53.2 Å². The van der Waals surface area contributed by atoms with Gasteiger partial charge in [0.25, 0.3) is 0 Å². The second-order valence-corrected chi connectivity index (χ2v) is 6.41. The minimum atomic E-state index is -0.912. The highest BCUT2D eigenvalue weighted by Gasteiger charge is 2.20. The summed E-state index contributed by atoms with van der Waals surface area (Å²) >= 11 is 0. The Kier molecular flexibility index (Phi) is 3.58. The van der Waals surface area contributed by atoms with Gasteiger partial charge in [-0.1, -0.05) is 6.07 Å². The highest BCUT2D eigenvalue weighted by atomic mass is 16.4. The molecule has 5 heteroatoms. The Bertz CT molecular complexity index is 938. The standard InChI is InChI=1S/C19H19N3O2/c20-14-2-1-7-22(11-14)18-9-13-8-12(19(23)24)3-4-15(13)17-10-21-6-5-16(17)18/h3-6,8-10,14H,1-2,7,11,20H2,(H,23,24)/t14-/m1/s1. The molecule has 4 rings (SSSR count). The highest BCUT2D eigenvalue weighted by Crippen LogP contribution is 2.35. The first-order chi connectivity index (χ1) is 11.6. The third kappa shape index (κ3) is 2.47. The van der Waals surface area contributed by atoms with Crippen molar-refractivity contribution in [3.8, 4) is 0 Å². The number of benzene rings is 2. The number of hydrogen-bond donors (Lipinski definition) is 2. The van der Waals surface area contributed by atoms with E-state index in [2.05, 4.69) is 16.0 Å². The molecule has 0 spiro atoms. The number of carboxylic acid groups (broad SMARTS) is 1. The fourth-order valence-corrected chi connectivity index (χ4v) is 3.61. The van der Waals surface area contributed by atoms with Gasteiger partial charge in [-0.25, -0.2) is 4.79 Å². The Labute approximate surface area is 139 Å². The van der Waals surface area contributed by atoms with Crippen LogP contribution < -0.4 is 10.6 Å². The molecule has 1 fully saturated rings. The van der Waals surface area contributed by atoms with E-state index >= 15 is 0 Å². The molecule has 5 nitrogen and oxygen atoms in total. The third-order valence-electron chi connectivity index (χ3n) is 4.78. The Hall–Kier alpha value is -2.66. The molecular weight excluding hydrogens is 302 g/mol. The lowest BCUT2D eigenvalue weighted by molar-refractivity contribution is 0.0697. The van der Waals surface area contributed by atoms with E-state index in [-0.39, 0.29) is 6.04 Å². The maximum absolute atomic E-state index is 11.3. The molecule has 2 aromatic carbocycles. The molecule has 0 radical (unpaired) electrons. The molecule has 1 atom stereocenters. The van der Waals surface area contributed by atoms with Gasteiger partial charge in [-0.3, -0.25) is 4.98 Å². The quantitative estimate of drug-likeness (QED) is 0.709. The fourth-order valence-electron chi connectivity index (χ4n) is 3.61. The molecule has 2 heterocycles. The van der Waals surface area contributed by atoms with Crippen molar-refractivity contribution in [2.75, 3.05) is 18.0 Å². The summed E-state index contributed by atoms with van der Waals surface area (Å²) in [5.41, 5.74) is 7.56. The van der Waals surface area contributed by atoms with Gasteiger partial charge in [-0.15, -0.1) is 0 Å². The van der Waals surface area contributed by atoms with Gasteiger partial charge in [-0.05, 0) is 47.9 Å². The smallest absolute Gasteiger partial charge is 0.335 e. The van der Waals surface area contributed by atoms with Gasteiger partial charge in [0.2, 0.25) is 0 Å². The summed E-state index contributed by atoms with van der Waals surface area (Å²) in [6.07, 6.45) is 5.77. The minimum Gasteiger partial charge on any atom is -0.478 e. The van der Waals surface area contributed by atoms with Crippen LogP contribution in [0.15, 0.2) is 42.7 Å². The van der Waals surface area contributed by atoms with Gasteiger partial charge in [0.05, 0.1) is 5.56 Å². The van der Waals surface area contributed by atoms with Crippen LogP contribution in [0.5, 0.6) is 0 Å². The minimum absolute atomic E-state index is 0.177. The molecule has 3 aromatic rings. The summed E-state index contributed by atoms with van der Waals surface area (Å²) in [5.74, 6) is -0.912. The van der Waals surface area contributed by atoms with E-state index in [9.17, 15) is 9.90 Å². The SMILES string of the molecule is N[C@@H]1CCCN(c2cc3cc(C(=O)O)ccc3c3cnccc23)C1. The van der Waals surface area contributed by atoms with Crippen LogP contribution in [0.2, 0.25) is 0 Å². The number of carboxylic acids is 1. The third-order valence-corrected chi connectivity index (χ3v) is 4.78. The number of hydrogen-bond acceptors (Lipinski definition) is 4. The van der Waals surface area contributed by atoms with Crippen molar-refractivity contribution in [3.63, 3.8) is 0 Å². The van der Waals surface area contributed by atoms with Gasteiger partial charge in [0, 0.05) is 48.0 Å². The van der Waals surface area contributed by atoms with Crippen LogP contribution in [0.25, 0.3) is 21.5 Å². The highest BCUT2D eigenvalue weighted by molar-refractivity contribution is 6.13. The first kappa shape index (κ1) is 14.9. The predicted octanol–water partition coefficient (Wildman–Crippen LogP) is 3.01. The lowest BCUT2D eigenvalue weighted by Crippen LogP contribution is -2.42. The zero-order valence-corrected chi connectivity index (χ0v) is 13.3. The zero-order chi connectivity index (χ0) is 16.7. The summed E-state index contributed by atoms with van der Waals surface area (Å²) < 4.78 is 0. The first-order valence-corrected chi connectivity index (χ1v) is 8.18. The molecular formula is C19H19N3O2. The average Bonchev–Trinajstić information content (AvgIpc) is 2.60. The van der Waals surface area contributed by atoms with E-state index in [4.69, 9.17) is 5.73 Å². The number of aromatic nitrogens is 1. The Morgan fingerprint density at radius 1 is 1.21 bits per heavy atom. The Balaban J connectivity index is 1.97. The van der Waals surface area contributed by atoms with Crippen molar-refractivity contribution >= 4 is 33.2 Å². The number of anilines is 1. The van der Waals surface area contributed by atoms with E-state index in [1.54, 1.807) is 18.3 Å². The van der Waals surface area contributed by atoms with Crippen molar-refractivity contribution in [1.29, 1.82) is 0 Å². The number of fused-ring (bicyclic) bond motifs is 3. The average molecular weight is 321 g/mol. The van der Waals surface area contributed by atoms with Crippen LogP contribution in [0, 0.1) is 0 Å². The molecule has 0 unspecified atom stereocenters. The lowest BCUT2D eigenvalue weighted by atomic mass is 9.98.